The van der Waals surface area contributed by atoms with Gasteiger partial charge < -0.3 is 37.1 Å². The lowest BCUT2D eigenvalue weighted by atomic mass is 10.0. The van der Waals surface area contributed by atoms with E-state index < -0.39 is 36.0 Å². The van der Waals surface area contributed by atoms with Crippen LogP contribution in [-0.4, -0.2) is 78.8 Å². The number of unbranched alkanes of at least 4 members (excludes halogenated alkanes) is 2. The van der Waals surface area contributed by atoms with Crippen molar-refractivity contribution in [3.05, 3.63) is 42.0 Å². The number of alkyl carbamates (subject to hydrolysis) is 1. The Morgan fingerprint density at radius 3 is 2.16 bits per heavy atom. The fourth-order valence-electron chi connectivity index (χ4n) is 4.35. The van der Waals surface area contributed by atoms with E-state index in [-0.39, 0.29) is 56.2 Å². The van der Waals surface area contributed by atoms with Crippen LogP contribution in [0.1, 0.15) is 57.9 Å². The van der Waals surface area contributed by atoms with Crippen molar-refractivity contribution < 1.29 is 38.3 Å². The van der Waals surface area contributed by atoms with Gasteiger partial charge in [-0.05, 0) is 49.3 Å². The third-order valence-corrected chi connectivity index (χ3v) is 6.85. The SMILES string of the molecule is CNC(=O)OCc1ccc(NC(=O)C(CCCNC(N)=O)NC(=O)[C@@H](NC(=O)CCCCCN2C(=O)C=CC2=O)C(C)C)cc1. The molecule has 0 spiro atoms. The van der Waals surface area contributed by atoms with E-state index in [1.807, 2.05) is 0 Å². The Labute approximate surface area is 262 Å². The Morgan fingerprint density at radius 1 is 0.889 bits per heavy atom. The molecule has 7 N–H and O–H groups in total. The predicted molar refractivity (Wildman–Crippen MR) is 164 cm³/mol. The number of hydrogen-bond acceptors (Lipinski definition) is 8. The Hall–Kier alpha value is -4.95. The Balaban J connectivity index is 1.94. The standard InChI is InChI=1S/C30H43N7O8/c1-19(2)26(36-23(38)9-5-4-6-17-37-24(39)14-15-25(37)40)28(42)35-22(8-7-16-33-29(31)43)27(41)34-21-12-10-20(11-13-21)18-45-30(44)32-3/h10-15,19,22,26H,4-9,16-18H2,1-3H3,(H,32,44)(H,34,41)(H,35,42)(H,36,38)(H3,31,33,43)/t22?,26-/m0/s1. The molecule has 1 aromatic rings. The summed E-state index contributed by atoms with van der Waals surface area (Å²) >= 11 is 0. The molecule has 1 aliphatic rings. The molecule has 2 atom stereocenters. The average molecular weight is 630 g/mol. The largest absolute Gasteiger partial charge is 0.445 e. The zero-order valence-electron chi connectivity index (χ0n) is 25.9. The quantitative estimate of drug-likeness (QED) is 0.102. The average Bonchev–Trinajstić information content (AvgIpc) is 3.32. The maximum Gasteiger partial charge on any atom is 0.407 e. The summed E-state index contributed by atoms with van der Waals surface area (Å²) in [6, 6.07) is 3.99. The number of carbonyl (C=O) groups excluding carboxylic acids is 7. The molecule has 15 nitrogen and oxygen atoms in total. The van der Waals surface area contributed by atoms with Gasteiger partial charge in [-0.25, -0.2) is 9.59 Å². The van der Waals surface area contributed by atoms with Gasteiger partial charge in [-0.3, -0.25) is 28.9 Å². The van der Waals surface area contributed by atoms with E-state index in [9.17, 15) is 33.6 Å². The highest BCUT2D eigenvalue weighted by Gasteiger charge is 2.29. The zero-order valence-corrected chi connectivity index (χ0v) is 25.9. The van der Waals surface area contributed by atoms with Crippen molar-refractivity contribution in [2.75, 3.05) is 25.5 Å². The van der Waals surface area contributed by atoms with Gasteiger partial charge in [0.05, 0.1) is 0 Å². The maximum atomic E-state index is 13.3. The molecule has 0 aromatic heterocycles. The first-order valence-electron chi connectivity index (χ1n) is 14.8. The van der Waals surface area contributed by atoms with Crippen LogP contribution in [0.25, 0.3) is 0 Å². The molecule has 0 radical (unpaired) electrons. The highest BCUT2D eigenvalue weighted by Crippen LogP contribution is 2.13. The van der Waals surface area contributed by atoms with E-state index in [1.165, 1.54) is 19.2 Å². The van der Waals surface area contributed by atoms with Crippen LogP contribution in [0.4, 0.5) is 15.3 Å². The van der Waals surface area contributed by atoms with Crippen LogP contribution in [0.15, 0.2) is 36.4 Å². The molecule has 246 valence electrons. The minimum atomic E-state index is -0.993. The van der Waals surface area contributed by atoms with E-state index >= 15 is 0 Å². The van der Waals surface area contributed by atoms with Gasteiger partial charge >= 0.3 is 12.1 Å². The van der Waals surface area contributed by atoms with E-state index in [0.29, 0.717) is 36.9 Å². The van der Waals surface area contributed by atoms with Crippen molar-refractivity contribution in [1.82, 2.24) is 26.2 Å². The lowest BCUT2D eigenvalue weighted by Crippen LogP contribution is -2.54. The number of imide groups is 1. The minimum Gasteiger partial charge on any atom is -0.445 e. The summed E-state index contributed by atoms with van der Waals surface area (Å²) < 4.78 is 5.00. The van der Waals surface area contributed by atoms with Crippen molar-refractivity contribution in [1.29, 1.82) is 0 Å². The van der Waals surface area contributed by atoms with Crippen molar-refractivity contribution >= 4 is 47.3 Å². The van der Waals surface area contributed by atoms with Gasteiger partial charge in [0.15, 0.2) is 0 Å². The number of nitrogens with two attached hydrogens (primary N) is 1. The first kappa shape index (κ1) is 36.2. The normalized spacial score (nSPS) is 13.6. The van der Waals surface area contributed by atoms with Gasteiger partial charge in [-0.1, -0.05) is 32.4 Å². The van der Waals surface area contributed by atoms with Crippen LogP contribution in [0.2, 0.25) is 0 Å². The smallest absolute Gasteiger partial charge is 0.407 e. The summed E-state index contributed by atoms with van der Waals surface area (Å²) in [5.41, 5.74) is 6.26. The Kier molecular flexibility index (Phi) is 15.0. The number of urea groups is 1. The van der Waals surface area contributed by atoms with Crippen molar-refractivity contribution in [2.24, 2.45) is 11.7 Å². The van der Waals surface area contributed by atoms with E-state index in [4.69, 9.17) is 10.5 Å². The molecule has 1 unspecified atom stereocenters. The van der Waals surface area contributed by atoms with Gasteiger partial charge in [0.25, 0.3) is 11.8 Å². The molecular formula is C30H43N7O8. The third kappa shape index (κ3) is 13.1. The van der Waals surface area contributed by atoms with Gasteiger partial charge in [0.2, 0.25) is 17.7 Å². The van der Waals surface area contributed by atoms with Crippen molar-refractivity contribution in [2.45, 2.75) is 71.1 Å². The van der Waals surface area contributed by atoms with E-state index in [1.54, 1.807) is 38.1 Å². The lowest BCUT2D eigenvalue weighted by molar-refractivity contribution is -0.137. The molecule has 0 saturated heterocycles. The van der Waals surface area contributed by atoms with Crippen LogP contribution < -0.4 is 32.3 Å². The zero-order chi connectivity index (χ0) is 33.4. The van der Waals surface area contributed by atoms with Gasteiger partial charge in [-0.2, -0.15) is 0 Å². The number of hydrogen-bond donors (Lipinski definition) is 6. The number of primary amides is 1. The fraction of sp³-hybridized carbons (Fsp3) is 0.500. The molecule has 45 heavy (non-hydrogen) atoms. The summed E-state index contributed by atoms with van der Waals surface area (Å²) in [4.78, 5) is 85.9. The fourth-order valence-corrected chi connectivity index (χ4v) is 4.35. The Morgan fingerprint density at radius 2 is 1.56 bits per heavy atom. The number of anilines is 1. The summed E-state index contributed by atoms with van der Waals surface area (Å²) in [5.74, 6) is -2.37. The van der Waals surface area contributed by atoms with E-state index in [0.717, 1.165) is 4.90 Å². The van der Waals surface area contributed by atoms with E-state index in [2.05, 4.69) is 26.6 Å². The summed E-state index contributed by atoms with van der Waals surface area (Å²) in [5, 5.41) is 13.0. The first-order chi connectivity index (χ1) is 21.4. The molecule has 2 rings (SSSR count). The molecule has 0 bridgehead atoms. The topological polar surface area (TPSA) is 218 Å². The number of rotatable bonds is 18. The van der Waals surface area contributed by atoms with Gasteiger partial charge in [-0.15, -0.1) is 0 Å². The summed E-state index contributed by atoms with van der Waals surface area (Å²) in [6.45, 7) is 4.04. The van der Waals surface area contributed by atoms with Crippen LogP contribution in [0.5, 0.6) is 0 Å². The second-order valence-electron chi connectivity index (χ2n) is 10.8. The van der Waals surface area contributed by atoms with Crippen molar-refractivity contribution in [3.63, 3.8) is 0 Å². The predicted octanol–water partition coefficient (Wildman–Crippen LogP) is 1.04. The molecule has 0 aliphatic carbocycles. The number of nitrogens with one attached hydrogen (secondary N) is 5. The third-order valence-electron chi connectivity index (χ3n) is 6.85. The van der Waals surface area contributed by atoms with Crippen molar-refractivity contribution in [3.8, 4) is 0 Å². The lowest BCUT2D eigenvalue weighted by Gasteiger charge is -2.25. The highest BCUT2D eigenvalue weighted by atomic mass is 16.5. The number of ether oxygens (including phenoxy) is 1. The van der Waals surface area contributed by atoms with Crippen LogP contribution >= 0.6 is 0 Å². The molecule has 15 heteroatoms. The summed E-state index contributed by atoms with van der Waals surface area (Å²) in [7, 11) is 1.45. The molecule has 1 aliphatic heterocycles. The van der Waals surface area contributed by atoms with Crippen LogP contribution in [0.3, 0.4) is 0 Å². The van der Waals surface area contributed by atoms with Gasteiger partial charge in [0, 0.05) is 44.4 Å². The monoisotopic (exact) mass is 629 g/mol. The highest BCUT2D eigenvalue weighted by molar-refractivity contribution is 6.12. The van der Waals surface area contributed by atoms with Crippen LogP contribution in [-0.2, 0) is 35.3 Å². The van der Waals surface area contributed by atoms with Crippen LogP contribution in [0, 0.1) is 5.92 Å². The number of amides is 8. The second-order valence-corrected chi connectivity index (χ2v) is 10.8. The maximum absolute atomic E-state index is 13.3. The summed E-state index contributed by atoms with van der Waals surface area (Å²) in [6.07, 6.45) is 4.18. The second kappa shape index (κ2) is 18.7. The minimum absolute atomic E-state index is 0.0418. The Bertz CT molecular complexity index is 1230. The molecule has 1 heterocycles. The molecule has 0 fully saturated rings. The number of carbonyl (C=O) groups is 7. The van der Waals surface area contributed by atoms with Gasteiger partial charge in [0.1, 0.15) is 18.7 Å². The molecule has 8 amide bonds. The molecule has 1 aromatic carbocycles. The number of benzene rings is 1. The molecular weight excluding hydrogens is 586 g/mol. The molecule has 0 saturated carbocycles. The number of nitrogens with zero attached hydrogens (tertiary/aromatic N) is 1. The first-order valence-corrected chi connectivity index (χ1v) is 14.8.